The number of unbranched alkanes of at least 4 members (excludes halogenated alkanes) is 6. The molecule has 2 fully saturated rings. The van der Waals surface area contributed by atoms with Gasteiger partial charge in [0, 0.05) is 36.8 Å². The van der Waals surface area contributed by atoms with Crippen LogP contribution in [0.3, 0.4) is 0 Å². The van der Waals surface area contributed by atoms with E-state index in [1.807, 2.05) is 0 Å². The standard InChI is InChI=1S/C47H74N7O19P3/c1-45(2,44(60)61)21-13-7-5-9-15-31-17-11-12-18-32(31)16-10-6-8-14-22-47(23-24-47)34(55)19-25-49-35(56)20-26-50-42(59)39(58)46(3,4)28-70-76(67,68)73-75(65,66)69-27-33-38(72-74(62,63)64)37(57)43(71-33)54-30-53-36-40(48)51-29-52-41(36)54/h11-12,17-18,29-30,33,37-39,43,57-58H,5-10,13-16,19-28H2,1-4H3,(H,49,56)(H,50,59)(H,60,61)(H,65,66)(H,67,68)(H2,48,51,52)(H2,62,63,64)/p-4. The maximum atomic E-state index is 13.1. The number of aliphatic hydroxyl groups is 2. The molecule has 1 saturated heterocycles. The number of aliphatic hydroxyl groups excluding tert-OH is 2. The second-order valence-corrected chi connectivity index (χ2v) is 24.8. The number of carbonyl (C=O) groups excluding carboxylic acids is 3. The summed E-state index contributed by atoms with van der Waals surface area (Å²) in [6.07, 6.45) is 5.68. The van der Waals surface area contributed by atoms with Crippen molar-refractivity contribution in [3.63, 3.8) is 0 Å². The maximum Gasteiger partial charge on any atom is 0.309 e. The van der Waals surface area contributed by atoms with Crippen molar-refractivity contribution in [1.82, 2.24) is 30.2 Å². The minimum Gasteiger partial charge on any atom is -0.790 e. The van der Waals surface area contributed by atoms with Gasteiger partial charge < -0.3 is 74.1 Å². The number of phosphoric ester groups is 3. The van der Waals surface area contributed by atoms with Crippen LogP contribution in [-0.4, -0.2) is 109 Å². The van der Waals surface area contributed by atoms with Gasteiger partial charge in [-0.2, -0.15) is 0 Å². The number of aliphatic carboxylic acids is 1. The molecular weight excluding hydrogens is 1060 g/mol. The third-order valence-electron chi connectivity index (χ3n) is 13.7. The molecular formula is C47H70N7O19P3-4. The molecule has 7 unspecified atom stereocenters. The van der Waals surface area contributed by atoms with E-state index in [0.717, 1.165) is 101 Å². The minimum absolute atomic E-state index is 0.0245. The summed E-state index contributed by atoms with van der Waals surface area (Å²) in [6.45, 7) is 3.53. The number of rotatable bonds is 35. The molecule has 7 N–H and O–H groups in total. The number of anilines is 1. The van der Waals surface area contributed by atoms with Crippen LogP contribution >= 0.6 is 23.5 Å². The fourth-order valence-corrected chi connectivity index (χ4v) is 11.6. The third kappa shape index (κ3) is 18.8. The van der Waals surface area contributed by atoms with Crippen molar-refractivity contribution in [2.45, 2.75) is 161 Å². The number of nitrogens with zero attached hydrogens (tertiary/aromatic N) is 4. The van der Waals surface area contributed by atoms with Gasteiger partial charge in [-0.1, -0.05) is 76.6 Å². The molecule has 0 spiro atoms. The van der Waals surface area contributed by atoms with Crippen LogP contribution in [0.25, 0.3) is 11.2 Å². The number of phosphoric acid groups is 3. The first-order valence-electron chi connectivity index (χ1n) is 25.2. The number of nitrogens with one attached hydrogen (secondary N) is 2. The summed E-state index contributed by atoms with van der Waals surface area (Å²) in [4.78, 5) is 110. The molecule has 2 aromatic heterocycles. The molecule has 7 atom stereocenters. The number of nitrogens with two attached hydrogens (primary N) is 1. The quantitative estimate of drug-likeness (QED) is 0.0364. The molecule has 426 valence electrons. The summed E-state index contributed by atoms with van der Waals surface area (Å²) in [5, 5.41) is 35.9. The van der Waals surface area contributed by atoms with E-state index < -0.39 is 95.9 Å². The van der Waals surface area contributed by atoms with E-state index in [-0.39, 0.29) is 54.1 Å². The molecule has 76 heavy (non-hydrogen) atoms. The summed E-state index contributed by atoms with van der Waals surface area (Å²) >= 11 is 0. The van der Waals surface area contributed by atoms with Crippen molar-refractivity contribution in [1.29, 1.82) is 0 Å². The summed E-state index contributed by atoms with van der Waals surface area (Å²) in [6, 6.07) is 8.52. The van der Waals surface area contributed by atoms with E-state index in [1.165, 1.54) is 25.0 Å². The number of hydrogen-bond acceptors (Lipinski definition) is 22. The van der Waals surface area contributed by atoms with Gasteiger partial charge in [0.15, 0.2) is 17.7 Å². The lowest BCUT2D eigenvalue weighted by molar-refractivity contribution is -0.347. The summed E-state index contributed by atoms with van der Waals surface area (Å²) in [5.41, 5.74) is 5.76. The number of hydrogen-bond donors (Lipinski definition) is 6. The summed E-state index contributed by atoms with van der Waals surface area (Å²) in [5.74, 6) is -2.23. The first-order valence-corrected chi connectivity index (χ1v) is 29.6. The lowest BCUT2D eigenvalue weighted by atomic mass is 9.87. The van der Waals surface area contributed by atoms with Crippen LogP contribution in [0.1, 0.15) is 135 Å². The number of ketones is 1. The molecule has 0 bridgehead atoms. The Morgan fingerprint density at radius 1 is 0.868 bits per heavy atom. The molecule has 5 rings (SSSR count). The van der Waals surface area contributed by atoms with E-state index in [1.54, 1.807) is 13.8 Å². The Hall–Kier alpha value is -4.10. The Kier molecular flexibility index (Phi) is 22.4. The second kappa shape index (κ2) is 27.2. The average Bonchev–Trinajstić information content (AvgIpc) is 3.92. The van der Waals surface area contributed by atoms with Crippen LogP contribution in [0.4, 0.5) is 5.82 Å². The van der Waals surface area contributed by atoms with Crippen LogP contribution in [0.2, 0.25) is 0 Å². The highest BCUT2D eigenvalue weighted by atomic mass is 31.3. The van der Waals surface area contributed by atoms with Gasteiger partial charge in [0.25, 0.3) is 15.6 Å². The molecule has 29 heteroatoms. The summed E-state index contributed by atoms with van der Waals surface area (Å²) < 4.78 is 61.1. The van der Waals surface area contributed by atoms with Gasteiger partial charge in [0.1, 0.15) is 42.0 Å². The van der Waals surface area contributed by atoms with Crippen LogP contribution in [-0.2, 0) is 68.3 Å². The van der Waals surface area contributed by atoms with Crippen molar-refractivity contribution in [2.24, 2.45) is 16.2 Å². The van der Waals surface area contributed by atoms with E-state index in [9.17, 15) is 67.8 Å². The van der Waals surface area contributed by atoms with Crippen LogP contribution in [0, 0.1) is 16.2 Å². The van der Waals surface area contributed by atoms with Crippen molar-refractivity contribution in [2.75, 3.05) is 32.0 Å². The van der Waals surface area contributed by atoms with Crippen molar-refractivity contribution in [3.8, 4) is 0 Å². The molecule has 2 aliphatic rings. The number of carbonyl (C=O) groups is 4. The molecule has 3 heterocycles. The number of Topliss-reactive ketones (excluding diaryl/α,β-unsaturated/α-hetero) is 1. The smallest absolute Gasteiger partial charge is 0.309 e. The van der Waals surface area contributed by atoms with Crippen LogP contribution in [0.5, 0.6) is 0 Å². The lowest BCUT2D eigenvalue weighted by Gasteiger charge is -2.36. The molecule has 1 aromatic carbocycles. The third-order valence-corrected chi connectivity index (χ3v) is 16.7. The fourth-order valence-electron chi connectivity index (χ4n) is 8.84. The van der Waals surface area contributed by atoms with Crippen LogP contribution < -0.4 is 35.9 Å². The van der Waals surface area contributed by atoms with E-state index in [4.69, 9.17) is 10.5 Å². The molecule has 26 nitrogen and oxygen atoms in total. The van der Waals surface area contributed by atoms with E-state index >= 15 is 0 Å². The number of carboxylic acid groups (broad SMARTS) is 1. The lowest BCUT2D eigenvalue weighted by Crippen LogP contribution is -2.46. The van der Waals surface area contributed by atoms with Gasteiger partial charge in [-0.3, -0.25) is 32.9 Å². The number of aromatic nitrogens is 4. The molecule has 0 radical (unpaired) electrons. The molecule has 1 aliphatic heterocycles. The second-order valence-electron chi connectivity index (χ2n) is 20.7. The normalized spacial score (nSPS) is 20.7. The van der Waals surface area contributed by atoms with Gasteiger partial charge in [0.2, 0.25) is 11.8 Å². The molecule has 1 saturated carbocycles. The number of benzene rings is 1. The Bertz CT molecular complexity index is 2610. The number of fused-ring (bicyclic) bond motifs is 1. The van der Waals surface area contributed by atoms with Crippen LogP contribution in [0.15, 0.2) is 36.9 Å². The van der Waals surface area contributed by atoms with Gasteiger partial charge >= 0.3 is 5.97 Å². The number of imidazole rings is 1. The monoisotopic (exact) mass is 1130 g/mol. The first-order chi connectivity index (χ1) is 35.6. The average molecular weight is 1130 g/mol. The SMILES string of the molecule is CC(C)(CCCCCCc1ccccc1CCCCCCC1(C(=O)CCNC(=O)CCNC(=O)C(O)C(C)(C)COP(=O)([O-])OP(=O)([O-])OCC2OC(n3cnc4c(N)ncnc43)C(O)C2OP(=O)([O-])[O-])CC1)C(=O)O. The first kappa shape index (κ1) is 62.7. The van der Waals surface area contributed by atoms with Gasteiger partial charge in [-0.25, -0.2) is 19.3 Å². The van der Waals surface area contributed by atoms with Gasteiger partial charge in [-0.15, -0.1) is 0 Å². The molecule has 2 amide bonds. The zero-order chi connectivity index (χ0) is 56.1. The van der Waals surface area contributed by atoms with Crippen molar-refractivity contribution >= 4 is 64.0 Å². The van der Waals surface area contributed by atoms with E-state index in [2.05, 4.69) is 67.7 Å². The van der Waals surface area contributed by atoms with Gasteiger partial charge in [-0.05, 0) is 76.3 Å². The van der Waals surface area contributed by atoms with E-state index in [0.29, 0.717) is 6.42 Å². The van der Waals surface area contributed by atoms with Gasteiger partial charge in [0.05, 0.1) is 32.8 Å². The highest BCUT2D eigenvalue weighted by molar-refractivity contribution is 7.59. The number of aryl methyl sites for hydroxylation is 2. The van der Waals surface area contributed by atoms with Crippen molar-refractivity contribution < 1.29 is 90.4 Å². The largest absolute Gasteiger partial charge is 0.790 e. The predicted octanol–water partition coefficient (Wildman–Crippen LogP) is 2.41. The van der Waals surface area contributed by atoms with Crippen molar-refractivity contribution in [3.05, 3.63) is 48.0 Å². The highest BCUT2D eigenvalue weighted by Crippen LogP contribution is 2.57. The topological polar surface area (TPSA) is 412 Å². The number of ether oxygens (including phenoxy) is 1. The number of nitrogen functional groups attached to an aromatic ring is 1. The Balaban J connectivity index is 0.946. The minimum atomic E-state index is -5.94. The number of carboxylic acids is 1. The molecule has 1 aliphatic carbocycles. The predicted molar refractivity (Wildman–Crippen MR) is 263 cm³/mol. The number of amides is 2. The highest BCUT2D eigenvalue weighted by Gasteiger charge is 2.49. The zero-order valence-electron chi connectivity index (χ0n) is 43.1. The Labute approximate surface area is 440 Å². The zero-order valence-corrected chi connectivity index (χ0v) is 45.8. The fraction of sp³-hybridized carbons (Fsp3) is 0.681. The Morgan fingerprint density at radius 2 is 1.47 bits per heavy atom. The summed E-state index contributed by atoms with van der Waals surface area (Å²) in [7, 11) is -17.7. The molecule has 3 aromatic rings. The Morgan fingerprint density at radius 3 is 2.09 bits per heavy atom. The maximum absolute atomic E-state index is 13.1.